The van der Waals surface area contributed by atoms with Gasteiger partial charge in [0, 0.05) is 49.6 Å². The predicted molar refractivity (Wildman–Crippen MR) is 89.4 cm³/mol. The molecule has 0 saturated carbocycles. The molecule has 2 amide bonds. The normalized spacial score (nSPS) is 23.1. The van der Waals surface area contributed by atoms with E-state index in [0.29, 0.717) is 5.25 Å². The Bertz CT molecular complexity index is 448. The number of thioether (sulfide) groups is 1. The van der Waals surface area contributed by atoms with E-state index in [-0.39, 0.29) is 6.03 Å². The summed E-state index contributed by atoms with van der Waals surface area (Å²) in [6.07, 6.45) is 5.38. The fourth-order valence-electron chi connectivity index (χ4n) is 2.80. The molecule has 2 aliphatic heterocycles. The van der Waals surface area contributed by atoms with Crippen molar-refractivity contribution in [2.75, 3.05) is 43.4 Å². The minimum Gasteiger partial charge on any atom is -0.346 e. The van der Waals surface area contributed by atoms with E-state index in [4.69, 9.17) is 0 Å². The second-order valence-electron chi connectivity index (χ2n) is 5.46. The molecule has 0 radical (unpaired) electrons. The maximum atomic E-state index is 12.3. The third-order valence-electron chi connectivity index (χ3n) is 3.98. The average molecular weight is 326 g/mol. The molecule has 5 nitrogen and oxygen atoms in total. The molecule has 3 heterocycles. The van der Waals surface area contributed by atoms with Gasteiger partial charge in [0.1, 0.15) is 0 Å². The Kier molecular flexibility index (Phi) is 5.24. The highest BCUT2D eigenvalue weighted by atomic mass is 32.2. The zero-order valence-electron chi connectivity index (χ0n) is 12.2. The highest BCUT2D eigenvalue weighted by Crippen LogP contribution is 2.25. The monoisotopic (exact) mass is 326 g/mol. The van der Waals surface area contributed by atoms with Crippen LogP contribution in [0, 0.1) is 0 Å². The molecular weight excluding hydrogens is 304 g/mol. The largest absolute Gasteiger partial charge is 0.346 e. The van der Waals surface area contributed by atoms with Crippen LogP contribution in [0.1, 0.15) is 19.3 Å². The first-order chi connectivity index (χ1) is 10.3. The van der Waals surface area contributed by atoms with Gasteiger partial charge in [-0.05, 0) is 25.0 Å². The zero-order chi connectivity index (χ0) is 14.5. The van der Waals surface area contributed by atoms with Crippen LogP contribution in [0.15, 0.2) is 11.6 Å². The first-order valence-corrected chi connectivity index (χ1v) is 9.54. The molecule has 1 aromatic heterocycles. The minimum atomic E-state index is 0.100. The Balaban J connectivity index is 1.46. The summed E-state index contributed by atoms with van der Waals surface area (Å²) in [5.74, 6) is 1.24. The molecular formula is C14H22N4OS2. The molecule has 1 atom stereocenters. The molecule has 0 unspecified atom stereocenters. The molecule has 116 valence electrons. The van der Waals surface area contributed by atoms with Gasteiger partial charge in [-0.25, -0.2) is 9.78 Å². The molecule has 0 bridgehead atoms. The number of aromatic nitrogens is 1. The van der Waals surface area contributed by atoms with Crippen molar-refractivity contribution in [3.63, 3.8) is 0 Å². The van der Waals surface area contributed by atoms with Crippen molar-refractivity contribution < 1.29 is 4.79 Å². The lowest BCUT2D eigenvalue weighted by Crippen LogP contribution is -2.43. The van der Waals surface area contributed by atoms with Crippen LogP contribution in [0.4, 0.5) is 9.93 Å². The number of hydrogen-bond donors (Lipinski definition) is 1. The van der Waals surface area contributed by atoms with Crippen LogP contribution < -0.4 is 10.2 Å². The minimum absolute atomic E-state index is 0.100. The third kappa shape index (κ3) is 4.03. The maximum Gasteiger partial charge on any atom is 0.317 e. The van der Waals surface area contributed by atoms with Crippen LogP contribution in [0.5, 0.6) is 0 Å². The van der Waals surface area contributed by atoms with Crippen LogP contribution >= 0.6 is 23.1 Å². The lowest BCUT2D eigenvalue weighted by molar-refractivity contribution is 0.201. The van der Waals surface area contributed by atoms with Crippen LogP contribution in [0.25, 0.3) is 0 Å². The van der Waals surface area contributed by atoms with Gasteiger partial charge in [-0.1, -0.05) is 0 Å². The van der Waals surface area contributed by atoms with Gasteiger partial charge in [0.15, 0.2) is 5.13 Å². The van der Waals surface area contributed by atoms with Crippen LogP contribution in [-0.4, -0.2) is 59.6 Å². The SMILES string of the molecule is O=C(NC[C@@H]1CCCS1)N1CCCN(c2nccs2)CC1. The lowest BCUT2D eigenvalue weighted by Gasteiger charge is -2.22. The summed E-state index contributed by atoms with van der Waals surface area (Å²) in [6, 6.07) is 0.100. The number of amides is 2. The molecule has 0 spiro atoms. The van der Waals surface area contributed by atoms with Gasteiger partial charge in [0.25, 0.3) is 0 Å². The highest BCUT2D eigenvalue weighted by molar-refractivity contribution is 8.00. The summed E-state index contributed by atoms with van der Waals surface area (Å²) in [5.41, 5.74) is 0. The van der Waals surface area contributed by atoms with E-state index in [2.05, 4.69) is 15.2 Å². The molecule has 0 aliphatic carbocycles. The van der Waals surface area contributed by atoms with Crippen molar-refractivity contribution in [1.82, 2.24) is 15.2 Å². The summed E-state index contributed by atoms with van der Waals surface area (Å²) in [7, 11) is 0. The molecule has 0 aromatic carbocycles. The van der Waals surface area contributed by atoms with Crippen molar-refractivity contribution in [3.8, 4) is 0 Å². The molecule has 7 heteroatoms. The Hall–Kier alpha value is -0.950. The first kappa shape index (κ1) is 15.0. The molecule has 21 heavy (non-hydrogen) atoms. The third-order valence-corrected chi connectivity index (χ3v) is 6.21. The molecule has 2 aliphatic rings. The zero-order valence-corrected chi connectivity index (χ0v) is 13.8. The fourth-order valence-corrected chi connectivity index (χ4v) is 4.70. The van der Waals surface area contributed by atoms with E-state index in [0.717, 1.165) is 44.3 Å². The first-order valence-electron chi connectivity index (χ1n) is 7.62. The quantitative estimate of drug-likeness (QED) is 0.926. The number of hydrogen-bond acceptors (Lipinski definition) is 5. The predicted octanol–water partition coefficient (Wildman–Crippen LogP) is 2.26. The second kappa shape index (κ2) is 7.35. The van der Waals surface area contributed by atoms with Crippen molar-refractivity contribution in [2.24, 2.45) is 0 Å². The van der Waals surface area contributed by atoms with Crippen molar-refractivity contribution in [1.29, 1.82) is 0 Å². The van der Waals surface area contributed by atoms with E-state index in [9.17, 15) is 4.79 Å². The maximum absolute atomic E-state index is 12.3. The average Bonchev–Trinajstić information content (AvgIpc) is 3.15. The Labute approximate surface area is 134 Å². The van der Waals surface area contributed by atoms with Gasteiger partial charge < -0.3 is 15.1 Å². The number of rotatable bonds is 3. The topological polar surface area (TPSA) is 48.5 Å². The number of anilines is 1. The van der Waals surface area contributed by atoms with Crippen LogP contribution in [-0.2, 0) is 0 Å². The summed E-state index contributed by atoms with van der Waals surface area (Å²) in [4.78, 5) is 20.9. The van der Waals surface area contributed by atoms with E-state index < -0.39 is 0 Å². The molecule has 1 aromatic rings. The van der Waals surface area contributed by atoms with E-state index in [1.54, 1.807) is 11.3 Å². The molecule has 2 saturated heterocycles. The Morgan fingerprint density at radius 3 is 3.05 bits per heavy atom. The van der Waals surface area contributed by atoms with Crippen molar-refractivity contribution in [2.45, 2.75) is 24.5 Å². The van der Waals surface area contributed by atoms with Crippen molar-refractivity contribution >= 4 is 34.3 Å². The Morgan fingerprint density at radius 2 is 2.29 bits per heavy atom. The van der Waals surface area contributed by atoms with Gasteiger partial charge >= 0.3 is 6.03 Å². The van der Waals surface area contributed by atoms with Gasteiger partial charge in [-0.2, -0.15) is 11.8 Å². The summed E-state index contributed by atoms with van der Waals surface area (Å²) in [6.45, 7) is 4.29. The van der Waals surface area contributed by atoms with E-state index in [1.165, 1.54) is 18.6 Å². The van der Waals surface area contributed by atoms with Crippen molar-refractivity contribution in [3.05, 3.63) is 11.6 Å². The van der Waals surface area contributed by atoms with Crippen LogP contribution in [0.3, 0.4) is 0 Å². The summed E-state index contributed by atoms with van der Waals surface area (Å²) >= 11 is 3.65. The number of nitrogens with zero attached hydrogens (tertiary/aromatic N) is 3. The van der Waals surface area contributed by atoms with Gasteiger partial charge in [-0.15, -0.1) is 11.3 Å². The number of urea groups is 1. The molecule has 2 fully saturated rings. The number of nitrogens with one attached hydrogen (secondary N) is 1. The standard InChI is InChI=1S/C14H22N4OS2/c19-13(16-11-12-3-1-9-20-12)17-5-2-6-18(8-7-17)14-15-4-10-21-14/h4,10,12H,1-3,5-9,11H2,(H,16,19)/t12-/m0/s1. The van der Waals surface area contributed by atoms with E-state index >= 15 is 0 Å². The Morgan fingerprint density at radius 1 is 1.33 bits per heavy atom. The number of carbonyl (C=O) groups is 1. The smallest absolute Gasteiger partial charge is 0.317 e. The summed E-state index contributed by atoms with van der Waals surface area (Å²) < 4.78 is 0. The number of thiazole rings is 1. The van der Waals surface area contributed by atoms with Gasteiger partial charge in [0.2, 0.25) is 0 Å². The van der Waals surface area contributed by atoms with Crippen LogP contribution in [0.2, 0.25) is 0 Å². The molecule has 1 N–H and O–H groups in total. The lowest BCUT2D eigenvalue weighted by atomic mass is 10.2. The fraction of sp³-hybridized carbons (Fsp3) is 0.714. The summed E-state index contributed by atoms with van der Waals surface area (Å²) in [5, 5.41) is 6.80. The molecule has 3 rings (SSSR count). The number of carbonyl (C=O) groups excluding carboxylic acids is 1. The van der Waals surface area contributed by atoms with Gasteiger partial charge in [0.05, 0.1) is 0 Å². The van der Waals surface area contributed by atoms with E-state index in [1.807, 2.05) is 28.2 Å². The highest BCUT2D eigenvalue weighted by Gasteiger charge is 2.22. The van der Waals surface area contributed by atoms with Gasteiger partial charge in [-0.3, -0.25) is 0 Å². The second-order valence-corrected chi connectivity index (χ2v) is 7.74.